The number of fused-ring (bicyclic) bond motifs is 3. The number of para-hydroxylation sites is 2. The molecule has 0 aliphatic carbocycles. The minimum Gasteiger partial charge on any atom is -0.352 e. The van der Waals surface area contributed by atoms with Crippen molar-refractivity contribution in [1.29, 1.82) is 0 Å². The Morgan fingerprint density at radius 3 is 2.72 bits per heavy atom. The van der Waals surface area contributed by atoms with Crippen LogP contribution in [0.2, 0.25) is 0 Å². The molecule has 4 heteroatoms. The summed E-state index contributed by atoms with van der Waals surface area (Å²) < 4.78 is 2.25. The van der Waals surface area contributed by atoms with Crippen molar-refractivity contribution in [3.8, 4) is 0 Å². The summed E-state index contributed by atoms with van der Waals surface area (Å²) >= 11 is 0. The Balaban J connectivity index is 1.41. The molecule has 1 aliphatic heterocycles. The summed E-state index contributed by atoms with van der Waals surface area (Å²) in [7, 11) is 0. The number of imidazole rings is 1. The van der Waals surface area contributed by atoms with E-state index in [0.29, 0.717) is 6.54 Å². The molecule has 1 unspecified atom stereocenters. The zero-order valence-electron chi connectivity index (χ0n) is 14.5. The Bertz CT molecular complexity index is 895. The molecule has 128 valence electrons. The molecule has 2 heterocycles. The van der Waals surface area contributed by atoms with Crippen LogP contribution in [0.5, 0.6) is 0 Å². The molecule has 1 aromatic heterocycles. The fourth-order valence-corrected chi connectivity index (χ4v) is 3.59. The summed E-state index contributed by atoms with van der Waals surface area (Å²) in [4.78, 5) is 17.3. The number of amides is 1. The molecule has 3 aromatic rings. The lowest BCUT2D eigenvalue weighted by molar-refractivity contribution is -0.125. The Kier molecular flexibility index (Phi) is 4.26. The van der Waals surface area contributed by atoms with Gasteiger partial charge >= 0.3 is 0 Å². The fourth-order valence-electron chi connectivity index (χ4n) is 3.59. The van der Waals surface area contributed by atoms with Crippen LogP contribution in [0.3, 0.4) is 0 Å². The quantitative estimate of drug-likeness (QED) is 0.794. The van der Waals surface area contributed by atoms with Gasteiger partial charge in [0.1, 0.15) is 5.82 Å². The number of carbonyl (C=O) groups is 1. The van der Waals surface area contributed by atoms with Gasteiger partial charge in [-0.25, -0.2) is 4.98 Å². The lowest BCUT2D eigenvalue weighted by atomic mass is 9.96. The summed E-state index contributed by atoms with van der Waals surface area (Å²) in [6, 6.07) is 16.6. The highest BCUT2D eigenvalue weighted by Crippen LogP contribution is 2.25. The number of aryl methyl sites for hydroxylation is 2. The molecule has 0 spiro atoms. The van der Waals surface area contributed by atoms with E-state index < -0.39 is 0 Å². The first kappa shape index (κ1) is 15.9. The standard InChI is InChI=1S/C21H23N3O/c1-2-15-7-9-16(10-8-15)14-22-21(25)17-11-12-24-19-6-4-3-5-18(19)23-20(24)13-17/h3-10,17H,2,11-14H2,1H3,(H,22,25). The van der Waals surface area contributed by atoms with E-state index in [1.807, 2.05) is 18.2 Å². The van der Waals surface area contributed by atoms with E-state index in [1.165, 1.54) is 11.1 Å². The van der Waals surface area contributed by atoms with Gasteiger partial charge in [0, 0.05) is 25.4 Å². The third-order valence-corrected chi connectivity index (χ3v) is 5.13. The van der Waals surface area contributed by atoms with E-state index in [1.54, 1.807) is 0 Å². The predicted octanol–water partition coefficient (Wildman–Crippen LogP) is 3.48. The second-order valence-corrected chi connectivity index (χ2v) is 6.75. The van der Waals surface area contributed by atoms with E-state index in [-0.39, 0.29) is 11.8 Å². The highest BCUT2D eigenvalue weighted by Gasteiger charge is 2.26. The van der Waals surface area contributed by atoms with Gasteiger partial charge < -0.3 is 9.88 Å². The van der Waals surface area contributed by atoms with Gasteiger partial charge in [0.25, 0.3) is 0 Å². The molecule has 0 saturated heterocycles. The number of nitrogens with zero attached hydrogens (tertiary/aromatic N) is 2. The summed E-state index contributed by atoms with van der Waals surface area (Å²) in [5.74, 6) is 1.18. The zero-order chi connectivity index (χ0) is 17.2. The smallest absolute Gasteiger partial charge is 0.223 e. The predicted molar refractivity (Wildman–Crippen MR) is 99.2 cm³/mol. The minimum atomic E-state index is 0.0132. The Morgan fingerprint density at radius 1 is 1.16 bits per heavy atom. The first-order valence-corrected chi connectivity index (χ1v) is 9.04. The highest BCUT2D eigenvalue weighted by atomic mass is 16.1. The van der Waals surface area contributed by atoms with Crippen molar-refractivity contribution in [2.45, 2.75) is 39.3 Å². The van der Waals surface area contributed by atoms with Crippen molar-refractivity contribution in [2.75, 3.05) is 0 Å². The van der Waals surface area contributed by atoms with Crippen LogP contribution in [-0.4, -0.2) is 15.5 Å². The summed E-state index contributed by atoms with van der Waals surface area (Å²) in [6.45, 7) is 3.60. The largest absolute Gasteiger partial charge is 0.352 e. The topological polar surface area (TPSA) is 46.9 Å². The molecular formula is C21H23N3O. The van der Waals surface area contributed by atoms with Crippen molar-refractivity contribution in [1.82, 2.24) is 14.9 Å². The van der Waals surface area contributed by atoms with Crippen LogP contribution in [0, 0.1) is 5.92 Å². The van der Waals surface area contributed by atoms with Crippen molar-refractivity contribution < 1.29 is 4.79 Å². The fraction of sp³-hybridized carbons (Fsp3) is 0.333. The number of aromatic nitrogens is 2. The Hall–Kier alpha value is -2.62. The van der Waals surface area contributed by atoms with Crippen molar-refractivity contribution in [3.05, 3.63) is 65.5 Å². The summed E-state index contributed by atoms with van der Waals surface area (Å²) in [5, 5.41) is 3.09. The zero-order valence-corrected chi connectivity index (χ0v) is 14.5. The van der Waals surface area contributed by atoms with Crippen LogP contribution >= 0.6 is 0 Å². The molecule has 0 bridgehead atoms. The number of nitrogens with one attached hydrogen (secondary N) is 1. The number of carbonyl (C=O) groups excluding carboxylic acids is 1. The molecule has 1 amide bonds. The van der Waals surface area contributed by atoms with Gasteiger partial charge in [-0.05, 0) is 36.1 Å². The molecule has 2 aromatic carbocycles. The lowest BCUT2D eigenvalue weighted by Gasteiger charge is -2.23. The van der Waals surface area contributed by atoms with Crippen LogP contribution in [0.15, 0.2) is 48.5 Å². The molecule has 0 radical (unpaired) electrons. The van der Waals surface area contributed by atoms with Gasteiger partial charge in [0.15, 0.2) is 0 Å². The molecule has 1 aliphatic rings. The van der Waals surface area contributed by atoms with Crippen LogP contribution in [0.4, 0.5) is 0 Å². The van der Waals surface area contributed by atoms with E-state index in [2.05, 4.69) is 47.1 Å². The van der Waals surface area contributed by atoms with Gasteiger partial charge in [-0.1, -0.05) is 43.3 Å². The second-order valence-electron chi connectivity index (χ2n) is 6.75. The second kappa shape index (κ2) is 6.71. The summed E-state index contributed by atoms with van der Waals surface area (Å²) in [6.07, 6.45) is 2.62. The van der Waals surface area contributed by atoms with E-state index in [9.17, 15) is 4.79 Å². The Labute approximate surface area is 147 Å². The normalized spacial score (nSPS) is 16.6. The van der Waals surface area contributed by atoms with Crippen LogP contribution in [0.25, 0.3) is 11.0 Å². The van der Waals surface area contributed by atoms with Gasteiger partial charge in [0.2, 0.25) is 5.91 Å². The number of hydrogen-bond acceptors (Lipinski definition) is 2. The number of rotatable bonds is 4. The molecule has 4 nitrogen and oxygen atoms in total. The number of hydrogen-bond donors (Lipinski definition) is 1. The van der Waals surface area contributed by atoms with Crippen LogP contribution in [0.1, 0.15) is 30.3 Å². The molecule has 1 N–H and O–H groups in total. The van der Waals surface area contributed by atoms with Crippen LogP contribution < -0.4 is 5.32 Å². The first-order chi connectivity index (χ1) is 12.2. The van der Waals surface area contributed by atoms with Crippen molar-refractivity contribution >= 4 is 16.9 Å². The first-order valence-electron chi connectivity index (χ1n) is 9.04. The highest BCUT2D eigenvalue weighted by molar-refractivity contribution is 5.80. The molecule has 0 saturated carbocycles. The van der Waals surface area contributed by atoms with Crippen molar-refractivity contribution in [2.24, 2.45) is 5.92 Å². The van der Waals surface area contributed by atoms with E-state index >= 15 is 0 Å². The maximum absolute atomic E-state index is 12.6. The maximum atomic E-state index is 12.6. The summed E-state index contributed by atoms with van der Waals surface area (Å²) in [5.41, 5.74) is 4.66. The third kappa shape index (κ3) is 3.16. The van der Waals surface area contributed by atoms with Gasteiger partial charge in [-0.3, -0.25) is 4.79 Å². The van der Waals surface area contributed by atoms with E-state index in [0.717, 1.165) is 42.7 Å². The molecular weight excluding hydrogens is 310 g/mol. The average molecular weight is 333 g/mol. The van der Waals surface area contributed by atoms with Crippen LogP contribution in [-0.2, 0) is 30.7 Å². The van der Waals surface area contributed by atoms with Gasteiger partial charge in [0.05, 0.1) is 11.0 Å². The molecule has 4 rings (SSSR count). The minimum absolute atomic E-state index is 0.0132. The monoisotopic (exact) mass is 333 g/mol. The molecule has 0 fully saturated rings. The lowest BCUT2D eigenvalue weighted by Crippen LogP contribution is -2.35. The van der Waals surface area contributed by atoms with Crippen molar-refractivity contribution in [3.63, 3.8) is 0 Å². The van der Waals surface area contributed by atoms with E-state index in [4.69, 9.17) is 4.98 Å². The van der Waals surface area contributed by atoms with Gasteiger partial charge in [-0.15, -0.1) is 0 Å². The SMILES string of the molecule is CCc1ccc(CNC(=O)C2CCn3c(nc4ccccc43)C2)cc1. The average Bonchev–Trinajstić information content (AvgIpc) is 3.04. The Morgan fingerprint density at radius 2 is 1.92 bits per heavy atom. The number of benzene rings is 2. The van der Waals surface area contributed by atoms with Gasteiger partial charge in [-0.2, -0.15) is 0 Å². The maximum Gasteiger partial charge on any atom is 0.223 e. The molecule has 1 atom stereocenters. The molecule has 25 heavy (non-hydrogen) atoms. The third-order valence-electron chi connectivity index (χ3n) is 5.13.